The van der Waals surface area contributed by atoms with E-state index < -0.39 is 34.1 Å². The van der Waals surface area contributed by atoms with E-state index in [-0.39, 0.29) is 42.5 Å². The summed E-state index contributed by atoms with van der Waals surface area (Å²) in [6.45, 7) is 0.697. The first kappa shape index (κ1) is 20.8. The van der Waals surface area contributed by atoms with Crippen LogP contribution < -0.4 is 4.90 Å². The van der Waals surface area contributed by atoms with Crippen LogP contribution in [0.2, 0.25) is 5.02 Å². The van der Waals surface area contributed by atoms with Gasteiger partial charge in [0, 0.05) is 32.2 Å². The number of carbonyl (C=O) groups excluding carboxylic acids is 1. The van der Waals surface area contributed by atoms with Gasteiger partial charge in [0.15, 0.2) is 0 Å². The zero-order valence-corrected chi connectivity index (χ0v) is 15.5. The molecular formula is C18H14ClF4N3O3. The Kier molecular flexibility index (Phi) is 5.65. The first-order chi connectivity index (χ1) is 13.6. The summed E-state index contributed by atoms with van der Waals surface area (Å²) >= 11 is 5.91. The third-order valence-electron chi connectivity index (χ3n) is 4.57. The van der Waals surface area contributed by atoms with Gasteiger partial charge in [-0.25, -0.2) is 4.39 Å². The van der Waals surface area contributed by atoms with Crippen LogP contribution in [-0.4, -0.2) is 41.9 Å². The average molecular weight is 432 g/mol. The van der Waals surface area contributed by atoms with E-state index in [0.29, 0.717) is 6.07 Å². The lowest BCUT2D eigenvalue weighted by Gasteiger charge is -2.36. The molecule has 11 heteroatoms. The standard InChI is InChI=1S/C18H14ClF4N3O3/c19-14-10-12(20)2-3-13(14)17(27)25-7-5-24(6-8-25)15-4-1-11(18(21,22)23)9-16(15)26(28)29/h1-4,9-10H,5-8H2. The second-order valence-corrected chi connectivity index (χ2v) is 6.77. The number of benzene rings is 2. The zero-order valence-electron chi connectivity index (χ0n) is 14.7. The fourth-order valence-corrected chi connectivity index (χ4v) is 3.35. The van der Waals surface area contributed by atoms with Crippen molar-refractivity contribution in [3.8, 4) is 0 Å². The van der Waals surface area contributed by atoms with Gasteiger partial charge in [-0.15, -0.1) is 0 Å². The molecule has 0 saturated carbocycles. The molecule has 0 spiro atoms. The van der Waals surface area contributed by atoms with Crippen molar-refractivity contribution in [1.82, 2.24) is 4.90 Å². The molecule has 1 heterocycles. The van der Waals surface area contributed by atoms with Gasteiger partial charge in [0.05, 0.1) is 21.1 Å². The smallest absolute Gasteiger partial charge is 0.362 e. The number of nitrogens with zero attached hydrogens (tertiary/aromatic N) is 3. The van der Waals surface area contributed by atoms with E-state index >= 15 is 0 Å². The topological polar surface area (TPSA) is 66.7 Å². The van der Waals surface area contributed by atoms with E-state index in [9.17, 15) is 32.5 Å². The predicted molar refractivity (Wildman–Crippen MR) is 97.6 cm³/mol. The van der Waals surface area contributed by atoms with Gasteiger partial charge in [-0.05, 0) is 30.3 Å². The molecule has 29 heavy (non-hydrogen) atoms. The molecule has 1 aliphatic rings. The number of rotatable bonds is 3. The van der Waals surface area contributed by atoms with Crippen molar-refractivity contribution >= 4 is 28.9 Å². The van der Waals surface area contributed by atoms with Gasteiger partial charge in [-0.2, -0.15) is 13.2 Å². The number of hydrogen-bond donors (Lipinski definition) is 0. The van der Waals surface area contributed by atoms with Crippen LogP contribution in [0.5, 0.6) is 0 Å². The van der Waals surface area contributed by atoms with Crippen LogP contribution in [0, 0.1) is 15.9 Å². The second-order valence-electron chi connectivity index (χ2n) is 6.36. The third kappa shape index (κ3) is 4.42. The van der Waals surface area contributed by atoms with Crippen LogP contribution in [0.4, 0.5) is 28.9 Å². The molecule has 0 bridgehead atoms. The molecule has 154 valence electrons. The molecule has 2 aromatic carbocycles. The molecule has 0 N–H and O–H groups in total. The van der Waals surface area contributed by atoms with Crippen LogP contribution in [0.3, 0.4) is 0 Å². The molecule has 0 atom stereocenters. The summed E-state index contributed by atoms with van der Waals surface area (Å²) in [5.74, 6) is -0.998. The van der Waals surface area contributed by atoms with E-state index in [1.165, 1.54) is 11.0 Å². The van der Waals surface area contributed by atoms with E-state index in [0.717, 1.165) is 24.3 Å². The van der Waals surface area contributed by atoms with Gasteiger partial charge in [0.1, 0.15) is 11.5 Å². The maximum absolute atomic E-state index is 13.2. The third-order valence-corrected chi connectivity index (χ3v) is 4.88. The Balaban J connectivity index is 1.77. The van der Waals surface area contributed by atoms with Gasteiger partial charge in [-0.1, -0.05) is 11.6 Å². The Morgan fingerprint density at radius 3 is 2.28 bits per heavy atom. The number of piperazine rings is 1. The summed E-state index contributed by atoms with van der Waals surface area (Å²) < 4.78 is 51.7. The highest BCUT2D eigenvalue weighted by Crippen LogP contribution is 2.36. The zero-order chi connectivity index (χ0) is 21.3. The van der Waals surface area contributed by atoms with Crippen molar-refractivity contribution in [3.05, 3.63) is 68.5 Å². The molecule has 0 radical (unpaired) electrons. The van der Waals surface area contributed by atoms with Crippen LogP contribution >= 0.6 is 11.6 Å². The lowest BCUT2D eigenvalue weighted by atomic mass is 10.1. The molecule has 1 saturated heterocycles. The summed E-state index contributed by atoms with van der Waals surface area (Å²) in [7, 11) is 0. The summed E-state index contributed by atoms with van der Waals surface area (Å²) in [6, 6.07) is 5.77. The molecule has 0 unspecified atom stereocenters. The molecule has 1 fully saturated rings. The van der Waals surface area contributed by atoms with Gasteiger partial charge < -0.3 is 9.80 Å². The van der Waals surface area contributed by atoms with E-state index in [4.69, 9.17) is 11.6 Å². The quantitative estimate of drug-likeness (QED) is 0.411. The number of halogens is 5. The Labute approximate surface area is 167 Å². The van der Waals surface area contributed by atoms with Crippen LogP contribution in [-0.2, 0) is 6.18 Å². The Morgan fingerprint density at radius 2 is 1.72 bits per heavy atom. The van der Waals surface area contributed by atoms with Crippen molar-refractivity contribution in [2.24, 2.45) is 0 Å². The number of alkyl halides is 3. The maximum atomic E-state index is 13.2. The molecule has 0 aromatic heterocycles. The highest BCUT2D eigenvalue weighted by molar-refractivity contribution is 6.33. The normalized spacial score (nSPS) is 14.8. The van der Waals surface area contributed by atoms with E-state index in [1.807, 2.05) is 0 Å². The van der Waals surface area contributed by atoms with Crippen molar-refractivity contribution in [2.75, 3.05) is 31.1 Å². The summed E-state index contributed by atoms with van der Waals surface area (Å²) in [5, 5.41) is 11.2. The minimum Gasteiger partial charge on any atom is -0.362 e. The fourth-order valence-electron chi connectivity index (χ4n) is 3.10. The monoisotopic (exact) mass is 431 g/mol. The SMILES string of the molecule is O=C(c1ccc(F)cc1Cl)N1CCN(c2ccc(C(F)(F)F)cc2[N+](=O)[O-])CC1. The Morgan fingerprint density at radius 1 is 1.07 bits per heavy atom. The number of amides is 1. The van der Waals surface area contributed by atoms with Crippen LogP contribution in [0.15, 0.2) is 36.4 Å². The van der Waals surface area contributed by atoms with Crippen molar-refractivity contribution in [1.29, 1.82) is 0 Å². The van der Waals surface area contributed by atoms with Gasteiger partial charge in [0.25, 0.3) is 11.6 Å². The van der Waals surface area contributed by atoms with Crippen LogP contribution in [0.25, 0.3) is 0 Å². The molecule has 6 nitrogen and oxygen atoms in total. The predicted octanol–water partition coefficient (Wildman–Crippen LogP) is 4.37. The molecule has 3 rings (SSSR count). The van der Waals surface area contributed by atoms with Crippen molar-refractivity contribution in [3.63, 3.8) is 0 Å². The number of anilines is 1. The van der Waals surface area contributed by atoms with Crippen LogP contribution in [0.1, 0.15) is 15.9 Å². The highest BCUT2D eigenvalue weighted by atomic mass is 35.5. The number of hydrogen-bond acceptors (Lipinski definition) is 4. The molecular weight excluding hydrogens is 418 g/mol. The molecule has 0 aliphatic carbocycles. The molecule has 1 amide bonds. The second kappa shape index (κ2) is 7.86. The molecule has 2 aromatic rings. The summed E-state index contributed by atoms with van der Waals surface area (Å²) in [4.78, 5) is 26.0. The Hall–Kier alpha value is -2.88. The van der Waals surface area contributed by atoms with Gasteiger partial charge in [0.2, 0.25) is 0 Å². The molecule has 1 aliphatic heterocycles. The first-order valence-corrected chi connectivity index (χ1v) is 8.80. The highest BCUT2D eigenvalue weighted by Gasteiger charge is 2.34. The maximum Gasteiger partial charge on any atom is 0.416 e. The summed E-state index contributed by atoms with van der Waals surface area (Å²) in [5.41, 5.74) is -1.58. The van der Waals surface area contributed by atoms with Gasteiger partial charge >= 0.3 is 6.18 Å². The van der Waals surface area contributed by atoms with E-state index in [2.05, 4.69) is 0 Å². The lowest BCUT2D eigenvalue weighted by molar-refractivity contribution is -0.384. The number of carbonyl (C=O) groups is 1. The summed E-state index contributed by atoms with van der Waals surface area (Å²) in [6.07, 6.45) is -4.69. The first-order valence-electron chi connectivity index (χ1n) is 8.43. The Bertz CT molecular complexity index is 960. The largest absolute Gasteiger partial charge is 0.416 e. The van der Waals surface area contributed by atoms with Crippen molar-refractivity contribution in [2.45, 2.75) is 6.18 Å². The minimum absolute atomic E-state index is 0.0317. The minimum atomic E-state index is -4.69. The average Bonchev–Trinajstić information content (AvgIpc) is 2.66. The lowest BCUT2D eigenvalue weighted by Crippen LogP contribution is -2.49. The number of nitro benzene ring substituents is 1. The van der Waals surface area contributed by atoms with Crippen molar-refractivity contribution < 1.29 is 27.3 Å². The van der Waals surface area contributed by atoms with E-state index in [1.54, 1.807) is 4.90 Å². The number of nitro groups is 1. The fraction of sp³-hybridized carbons (Fsp3) is 0.278. The van der Waals surface area contributed by atoms with Gasteiger partial charge in [-0.3, -0.25) is 14.9 Å².